The fourth-order valence-electron chi connectivity index (χ4n) is 1.82. The Kier molecular flexibility index (Phi) is 4.11. The van der Waals surface area contributed by atoms with Crippen molar-refractivity contribution >= 4 is 5.97 Å². The van der Waals surface area contributed by atoms with Gasteiger partial charge in [0.2, 0.25) is 0 Å². The maximum absolute atomic E-state index is 12.4. The number of halogens is 3. The molecule has 0 fully saturated rings. The van der Waals surface area contributed by atoms with Gasteiger partial charge in [-0.15, -0.1) is 13.2 Å². The fourth-order valence-corrected chi connectivity index (χ4v) is 1.82. The van der Waals surface area contributed by atoms with Gasteiger partial charge in [0.1, 0.15) is 5.75 Å². The molecule has 0 bridgehead atoms. The number of nitrogens with zero attached hydrogens (tertiary/aromatic N) is 1. The summed E-state index contributed by atoms with van der Waals surface area (Å²) in [7, 11) is 0. The van der Waals surface area contributed by atoms with Crippen LogP contribution in [0.25, 0.3) is 11.1 Å². The van der Waals surface area contributed by atoms with Gasteiger partial charge in [0.25, 0.3) is 0 Å². The van der Waals surface area contributed by atoms with E-state index in [0.717, 1.165) is 0 Å². The molecule has 0 saturated heterocycles. The molecule has 7 heteroatoms. The zero-order valence-electron chi connectivity index (χ0n) is 10.6. The fraction of sp³-hybridized carbons (Fsp3) is 0.143. The monoisotopic (exact) mass is 297 g/mol. The Morgan fingerprint density at radius 2 is 1.95 bits per heavy atom. The molecule has 21 heavy (non-hydrogen) atoms. The van der Waals surface area contributed by atoms with Crippen LogP contribution in [0, 0.1) is 0 Å². The van der Waals surface area contributed by atoms with Crippen molar-refractivity contribution < 1.29 is 27.8 Å². The summed E-state index contributed by atoms with van der Waals surface area (Å²) < 4.78 is 41.1. The van der Waals surface area contributed by atoms with Crippen molar-refractivity contribution in [2.24, 2.45) is 0 Å². The van der Waals surface area contributed by atoms with Crippen LogP contribution >= 0.6 is 0 Å². The lowest BCUT2D eigenvalue weighted by molar-refractivity contribution is -0.274. The summed E-state index contributed by atoms with van der Waals surface area (Å²) >= 11 is 0. The Labute approximate surface area is 117 Å². The second-order valence-electron chi connectivity index (χ2n) is 4.15. The molecule has 0 spiro atoms. The van der Waals surface area contributed by atoms with Crippen molar-refractivity contribution in [1.82, 2.24) is 4.98 Å². The SMILES string of the molecule is O=C(O)Cc1cc(-c2ccccc2OC(F)(F)F)ccn1. The van der Waals surface area contributed by atoms with E-state index in [4.69, 9.17) is 5.11 Å². The van der Waals surface area contributed by atoms with E-state index >= 15 is 0 Å². The number of para-hydroxylation sites is 1. The van der Waals surface area contributed by atoms with E-state index in [9.17, 15) is 18.0 Å². The lowest BCUT2D eigenvalue weighted by Gasteiger charge is -2.13. The molecule has 2 aromatic rings. The minimum Gasteiger partial charge on any atom is -0.481 e. The van der Waals surface area contributed by atoms with Gasteiger partial charge in [-0.05, 0) is 23.8 Å². The quantitative estimate of drug-likeness (QED) is 0.941. The molecule has 0 unspecified atom stereocenters. The van der Waals surface area contributed by atoms with E-state index in [1.807, 2.05) is 0 Å². The first-order valence-corrected chi connectivity index (χ1v) is 5.87. The van der Waals surface area contributed by atoms with Crippen molar-refractivity contribution in [2.45, 2.75) is 12.8 Å². The Bertz CT molecular complexity index is 656. The van der Waals surface area contributed by atoms with Crippen molar-refractivity contribution in [2.75, 3.05) is 0 Å². The van der Waals surface area contributed by atoms with E-state index in [0.29, 0.717) is 5.56 Å². The van der Waals surface area contributed by atoms with Gasteiger partial charge in [-0.1, -0.05) is 18.2 Å². The van der Waals surface area contributed by atoms with Gasteiger partial charge >= 0.3 is 12.3 Å². The van der Waals surface area contributed by atoms with Crippen molar-refractivity contribution in [3.05, 3.63) is 48.3 Å². The Morgan fingerprint density at radius 3 is 2.62 bits per heavy atom. The maximum Gasteiger partial charge on any atom is 0.573 e. The highest BCUT2D eigenvalue weighted by molar-refractivity contribution is 5.73. The molecule has 0 amide bonds. The van der Waals surface area contributed by atoms with E-state index in [1.54, 1.807) is 6.07 Å². The van der Waals surface area contributed by atoms with E-state index in [-0.39, 0.29) is 23.4 Å². The molecule has 0 atom stereocenters. The van der Waals surface area contributed by atoms with Crippen molar-refractivity contribution in [3.8, 4) is 16.9 Å². The van der Waals surface area contributed by atoms with Crippen molar-refractivity contribution in [3.63, 3.8) is 0 Å². The third kappa shape index (κ3) is 4.20. The standard InChI is InChI=1S/C14H10F3NO3/c15-14(16,17)21-12-4-2-1-3-11(12)9-5-6-18-10(7-9)8-13(19)20/h1-7H,8H2,(H,19,20). The molecular formula is C14H10F3NO3. The average molecular weight is 297 g/mol. The van der Waals surface area contributed by atoms with Gasteiger partial charge in [-0.25, -0.2) is 0 Å². The maximum atomic E-state index is 12.4. The molecule has 1 aromatic carbocycles. The molecule has 110 valence electrons. The number of hydrogen-bond donors (Lipinski definition) is 1. The third-order valence-corrected chi connectivity index (χ3v) is 2.57. The molecular weight excluding hydrogens is 287 g/mol. The number of aliphatic carboxylic acids is 1. The van der Waals surface area contributed by atoms with Crippen molar-refractivity contribution in [1.29, 1.82) is 0 Å². The van der Waals surface area contributed by atoms with Crippen LogP contribution < -0.4 is 4.74 Å². The van der Waals surface area contributed by atoms with Crippen LogP contribution in [-0.4, -0.2) is 22.4 Å². The van der Waals surface area contributed by atoms with Gasteiger partial charge in [0.05, 0.1) is 12.1 Å². The van der Waals surface area contributed by atoms with Gasteiger partial charge < -0.3 is 9.84 Å². The van der Waals surface area contributed by atoms with Gasteiger partial charge in [0, 0.05) is 11.8 Å². The Balaban J connectivity index is 2.40. The summed E-state index contributed by atoms with van der Waals surface area (Å²) in [6, 6.07) is 8.55. The number of hydrogen-bond acceptors (Lipinski definition) is 3. The predicted molar refractivity (Wildman–Crippen MR) is 67.7 cm³/mol. The number of benzene rings is 1. The number of carboxylic acid groups (broad SMARTS) is 1. The lowest BCUT2D eigenvalue weighted by Crippen LogP contribution is -2.17. The summed E-state index contributed by atoms with van der Waals surface area (Å²) in [5, 5.41) is 8.72. The highest BCUT2D eigenvalue weighted by Gasteiger charge is 2.32. The molecule has 0 aliphatic heterocycles. The van der Waals surface area contributed by atoms with Crippen LogP contribution in [0.2, 0.25) is 0 Å². The summed E-state index contributed by atoms with van der Waals surface area (Å²) in [5.41, 5.74) is 0.867. The molecule has 1 N–H and O–H groups in total. The molecule has 0 saturated carbocycles. The van der Waals surface area contributed by atoms with E-state index in [1.165, 1.54) is 36.5 Å². The van der Waals surface area contributed by atoms with Gasteiger partial charge in [-0.3, -0.25) is 9.78 Å². The normalized spacial score (nSPS) is 11.2. The van der Waals surface area contributed by atoms with E-state index in [2.05, 4.69) is 9.72 Å². The van der Waals surface area contributed by atoms with Crippen LogP contribution in [0.15, 0.2) is 42.6 Å². The first-order valence-electron chi connectivity index (χ1n) is 5.87. The zero-order valence-corrected chi connectivity index (χ0v) is 10.6. The highest BCUT2D eigenvalue weighted by atomic mass is 19.4. The minimum absolute atomic E-state index is 0.212. The first kappa shape index (κ1) is 14.8. The second kappa shape index (κ2) is 5.82. The topological polar surface area (TPSA) is 59.4 Å². The smallest absolute Gasteiger partial charge is 0.481 e. The van der Waals surface area contributed by atoms with Crippen LogP contribution in [-0.2, 0) is 11.2 Å². The summed E-state index contributed by atoms with van der Waals surface area (Å²) in [4.78, 5) is 14.5. The minimum atomic E-state index is -4.80. The molecule has 2 rings (SSSR count). The number of carbonyl (C=O) groups is 1. The molecule has 1 heterocycles. The number of carboxylic acids is 1. The van der Waals surface area contributed by atoms with Gasteiger partial charge in [-0.2, -0.15) is 0 Å². The molecule has 0 aliphatic rings. The highest BCUT2D eigenvalue weighted by Crippen LogP contribution is 2.33. The second-order valence-corrected chi connectivity index (χ2v) is 4.15. The lowest BCUT2D eigenvalue weighted by atomic mass is 10.0. The number of alkyl halides is 3. The summed E-state index contributed by atoms with van der Waals surface area (Å²) in [5.74, 6) is -1.42. The van der Waals surface area contributed by atoms with E-state index < -0.39 is 12.3 Å². The zero-order chi connectivity index (χ0) is 15.5. The van der Waals surface area contributed by atoms with Crippen LogP contribution in [0.5, 0.6) is 5.75 Å². The van der Waals surface area contributed by atoms with Gasteiger partial charge in [0.15, 0.2) is 0 Å². The average Bonchev–Trinajstić information content (AvgIpc) is 2.37. The first-order chi connectivity index (χ1) is 9.85. The summed E-state index contributed by atoms with van der Waals surface area (Å²) in [6.45, 7) is 0. The number of ether oxygens (including phenoxy) is 1. The summed E-state index contributed by atoms with van der Waals surface area (Å²) in [6.07, 6.45) is -3.76. The predicted octanol–water partition coefficient (Wildman–Crippen LogP) is 3.27. The number of aromatic nitrogens is 1. The molecule has 4 nitrogen and oxygen atoms in total. The van der Waals surface area contributed by atoms with Crippen LogP contribution in [0.1, 0.15) is 5.69 Å². The molecule has 1 aromatic heterocycles. The number of pyridine rings is 1. The molecule has 0 aliphatic carbocycles. The Morgan fingerprint density at radius 1 is 1.24 bits per heavy atom. The largest absolute Gasteiger partial charge is 0.573 e. The Hall–Kier alpha value is -2.57. The van der Waals surface area contributed by atoms with Crippen LogP contribution in [0.4, 0.5) is 13.2 Å². The number of rotatable bonds is 4. The van der Waals surface area contributed by atoms with Crippen LogP contribution in [0.3, 0.4) is 0 Å². The third-order valence-electron chi connectivity index (χ3n) is 2.57. The molecule has 0 radical (unpaired) electrons.